The lowest BCUT2D eigenvalue weighted by atomic mass is 10.0. The Balaban J connectivity index is 2.15. The molecule has 2 rings (SSSR count). The Morgan fingerprint density at radius 3 is 2.76 bits per heavy atom. The Morgan fingerprint density at radius 2 is 2.14 bits per heavy atom. The SMILES string of the molecule is CCCN(Cc1cc(C(=O)O)ccc1F)C1CCNCC1. The number of rotatable bonds is 6. The highest BCUT2D eigenvalue weighted by Crippen LogP contribution is 2.19. The van der Waals surface area contributed by atoms with E-state index in [0.29, 0.717) is 18.2 Å². The minimum Gasteiger partial charge on any atom is -0.478 e. The molecule has 1 heterocycles. The second kappa shape index (κ2) is 7.52. The number of piperidine rings is 1. The van der Waals surface area contributed by atoms with E-state index in [0.717, 1.165) is 38.9 Å². The van der Waals surface area contributed by atoms with Crippen LogP contribution in [0.1, 0.15) is 42.1 Å². The maximum absolute atomic E-state index is 14.0. The van der Waals surface area contributed by atoms with Crippen molar-refractivity contribution in [1.82, 2.24) is 10.2 Å². The van der Waals surface area contributed by atoms with E-state index >= 15 is 0 Å². The first-order chi connectivity index (χ1) is 10.1. The highest BCUT2D eigenvalue weighted by Gasteiger charge is 2.21. The zero-order valence-corrected chi connectivity index (χ0v) is 12.4. The number of aromatic carboxylic acids is 1. The first kappa shape index (κ1) is 15.9. The predicted octanol–water partition coefficient (Wildman–Crippen LogP) is 2.49. The van der Waals surface area contributed by atoms with Gasteiger partial charge < -0.3 is 10.4 Å². The Hall–Kier alpha value is -1.46. The molecule has 0 atom stereocenters. The lowest BCUT2D eigenvalue weighted by Gasteiger charge is -2.34. The third-order valence-corrected chi connectivity index (χ3v) is 4.00. The third kappa shape index (κ3) is 4.25. The van der Waals surface area contributed by atoms with Gasteiger partial charge in [-0.1, -0.05) is 6.92 Å². The summed E-state index contributed by atoms with van der Waals surface area (Å²) < 4.78 is 14.0. The molecule has 0 amide bonds. The fraction of sp³-hybridized carbons (Fsp3) is 0.562. The number of halogens is 1. The van der Waals surface area contributed by atoms with Crippen LogP contribution in [0.25, 0.3) is 0 Å². The molecule has 0 aliphatic carbocycles. The first-order valence-corrected chi connectivity index (χ1v) is 7.58. The van der Waals surface area contributed by atoms with Gasteiger partial charge in [-0.25, -0.2) is 9.18 Å². The van der Waals surface area contributed by atoms with Crippen molar-refractivity contribution in [3.8, 4) is 0 Å². The summed E-state index contributed by atoms with van der Waals surface area (Å²) in [7, 11) is 0. The molecule has 0 radical (unpaired) electrons. The zero-order valence-electron chi connectivity index (χ0n) is 12.4. The van der Waals surface area contributed by atoms with E-state index in [1.807, 2.05) is 0 Å². The lowest BCUT2D eigenvalue weighted by molar-refractivity contribution is 0.0696. The smallest absolute Gasteiger partial charge is 0.335 e. The number of carbonyl (C=O) groups is 1. The summed E-state index contributed by atoms with van der Waals surface area (Å²) in [5.74, 6) is -1.34. The Labute approximate surface area is 125 Å². The minimum absolute atomic E-state index is 0.146. The van der Waals surface area contributed by atoms with Crippen LogP contribution in [0.2, 0.25) is 0 Å². The Morgan fingerprint density at radius 1 is 1.43 bits per heavy atom. The van der Waals surface area contributed by atoms with Crippen LogP contribution < -0.4 is 5.32 Å². The maximum atomic E-state index is 14.0. The molecule has 21 heavy (non-hydrogen) atoms. The van der Waals surface area contributed by atoms with Crippen molar-refractivity contribution in [2.45, 2.75) is 38.8 Å². The van der Waals surface area contributed by atoms with Gasteiger partial charge >= 0.3 is 5.97 Å². The quantitative estimate of drug-likeness (QED) is 0.846. The molecule has 1 saturated heterocycles. The van der Waals surface area contributed by atoms with E-state index < -0.39 is 5.97 Å². The Bertz CT molecular complexity index is 487. The molecule has 5 heteroatoms. The molecule has 0 aromatic heterocycles. The molecule has 2 N–H and O–H groups in total. The number of benzene rings is 1. The average molecular weight is 294 g/mol. The molecule has 0 saturated carbocycles. The van der Waals surface area contributed by atoms with E-state index in [1.54, 1.807) is 0 Å². The van der Waals surface area contributed by atoms with Crippen molar-refractivity contribution in [2.75, 3.05) is 19.6 Å². The third-order valence-electron chi connectivity index (χ3n) is 4.00. The summed E-state index contributed by atoms with van der Waals surface area (Å²) in [6.07, 6.45) is 3.12. The van der Waals surface area contributed by atoms with Gasteiger partial charge in [0.25, 0.3) is 0 Å². The van der Waals surface area contributed by atoms with Crippen molar-refractivity contribution >= 4 is 5.97 Å². The predicted molar refractivity (Wildman–Crippen MR) is 80.0 cm³/mol. The van der Waals surface area contributed by atoms with Crippen molar-refractivity contribution < 1.29 is 14.3 Å². The highest BCUT2D eigenvalue weighted by atomic mass is 19.1. The summed E-state index contributed by atoms with van der Waals surface area (Å²) in [5.41, 5.74) is 0.620. The highest BCUT2D eigenvalue weighted by molar-refractivity contribution is 5.87. The van der Waals surface area contributed by atoms with Crippen molar-refractivity contribution in [3.63, 3.8) is 0 Å². The number of carboxylic acids is 1. The number of nitrogens with one attached hydrogen (secondary N) is 1. The van der Waals surface area contributed by atoms with Crippen LogP contribution in [0.3, 0.4) is 0 Å². The monoisotopic (exact) mass is 294 g/mol. The van der Waals surface area contributed by atoms with Crippen LogP contribution >= 0.6 is 0 Å². The summed E-state index contributed by atoms with van der Waals surface area (Å²) in [6, 6.07) is 4.47. The van der Waals surface area contributed by atoms with Gasteiger partial charge in [-0.05, 0) is 57.1 Å². The fourth-order valence-corrected chi connectivity index (χ4v) is 2.90. The van der Waals surface area contributed by atoms with E-state index in [2.05, 4.69) is 17.1 Å². The molecule has 0 unspecified atom stereocenters. The topological polar surface area (TPSA) is 52.6 Å². The van der Waals surface area contributed by atoms with E-state index in [1.165, 1.54) is 18.2 Å². The molecule has 0 bridgehead atoms. The molecule has 1 fully saturated rings. The van der Waals surface area contributed by atoms with Gasteiger partial charge in [0, 0.05) is 18.2 Å². The van der Waals surface area contributed by atoms with Gasteiger partial charge in [-0.3, -0.25) is 4.90 Å². The van der Waals surface area contributed by atoms with Crippen LogP contribution in [-0.4, -0.2) is 41.7 Å². The summed E-state index contributed by atoms with van der Waals surface area (Å²) in [6.45, 7) is 5.47. The van der Waals surface area contributed by atoms with E-state index in [9.17, 15) is 9.18 Å². The van der Waals surface area contributed by atoms with Crippen molar-refractivity contribution in [1.29, 1.82) is 0 Å². The molecule has 116 valence electrons. The molecule has 4 nitrogen and oxygen atoms in total. The van der Waals surface area contributed by atoms with Crippen LogP contribution in [0.4, 0.5) is 4.39 Å². The minimum atomic E-state index is -1.01. The van der Waals surface area contributed by atoms with Gasteiger partial charge in [0.2, 0.25) is 0 Å². The molecular weight excluding hydrogens is 271 g/mol. The summed E-state index contributed by atoms with van der Waals surface area (Å²) in [4.78, 5) is 13.3. The molecule has 1 aliphatic heterocycles. The van der Waals surface area contributed by atoms with Gasteiger partial charge in [0.1, 0.15) is 5.82 Å². The molecule has 1 aromatic rings. The fourth-order valence-electron chi connectivity index (χ4n) is 2.90. The lowest BCUT2D eigenvalue weighted by Crippen LogP contribution is -2.43. The second-order valence-corrected chi connectivity index (χ2v) is 5.56. The van der Waals surface area contributed by atoms with Crippen LogP contribution in [0, 0.1) is 5.82 Å². The van der Waals surface area contributed by atoms with Gasteiger partial charge in [0.15, 0.2) is 0 Å². The summed E-state index contributed by atoms with van der Waals surface area (Å²) in [5, 5.41) is 12.4. The number of nitrogens with zero attached hydrogens (tertiary/aromatic N) is 1. The standard InChI is InChI=1S/C16H23FN2O2/c1-2-9-19(14-5-7-18-8-6-14)11-13-10-12(16(20)21)3-4-15(13)17/h3-4,10,14,18H,2,5-9,11H2,1H3,(H,20,21). The van der Waals surface area contributed by atoms with Gasteiger partial charge in [-0.2, -0.15) is 0 Å². The second-order valence-electron chi connectivity index (χ2n) is 5.56. The van der Waals surface area contributed by atoms with Crippen molar-refractivity contribution in [2.24, 2.45) is 0 Å². The molecule has 0 spiro atoms. The largest absolute Gasteiger partial charge is 0.478 e. The van der Waals surface area contributed by atoms with Gasteiger partial charge in [0.05, 0.1) is 5.56 Å². The number of hydrogen-bond acceptors (Lipinski definition) is 3. The average Bonchev–Trinajstić information content (AvgIpc) is 2.49. The Kier molecular flexibility index (Phi) is 5.70. The molecular formula is C16H23FN2O2. The normalized spacial score (nSPS) is 16.3. The first-order valence-electron chi connectivity index (χ1n) is 7.58. The van der Waals surface area contributed by atoms with E-state index in [-0.39, 0.29) is 11.4 Å². The van der Waals surface area contributed by atoms with Gasteiger partial charge in [-0.15, -0.1) is 0 Å². The zero-order chi connectivity index (χ0) is 15.2. The number of hydrogen-bond donors (Lipinski definition) is 2. The van der Waals surface area contributed by atoms with Crippen LogP contribution in [0.15, 0.2) is 18.2 Å². The molecule has 1 aromatic carbocycles. The molecule has 1 aliphatic rings. The van der Waals surface area contributed by atoms with Crippen molar-refractivity contribution in [3.05, 3.63) is 35.1 Å². The van der Waals surface area contributed by atoms with E-state index in [4.69, 9.17) is 5.11 Å². The van der Waals surface area contributed by atoms with Crippen LogP contribution in [-0.2, 0) is 6.54 Å². The number of carboxylic acid groups (broad SMARTS) is 1. The summed E-state index contributed by atoms with van der Waals surface area (Å²) >= 11 is 0. The maximum Gasteiger partial charge on any atom is 0.335 e. The van der Waals surface area contributed by atoms with Crippen LogP contribution in [0.5, 0.6) is 0 Å².